The third-order valence-corrected chi connectivity index (χ3v) is 3.01. The maximum Gasteiger partial charge on any atom is 0.339 e. The van der Waals surface area contributed by atoms with Gasteiger partial charge in [0.2, 0.25) is 0 Å². The van der Waals surface area contributed by atoms with Gasteiger partial charge in [-0.15, -0.1) is 0 Å². The Hall–Kier alpha value is -2.18. The summed E-state index contributed by atoms with van der Waals surface area (Å²) in [7, 11) is 0. The molecule has 1 aromatic heterocycles. The number of hydrogen-bond donors (Lipinski definition) is 2. The van der Waals surface area contributed by atoms with Gasteiger partial charge in [-0.2, -0.15) is 0 Å². The van der Waals surface area contributed by atoms with Crippen molar-refractivity contribution in [2.24, 2.45) is 0 Å². The predicted molar refractivity (Wildman–Crippen MR) is 73.4 cm³/mol. The fourth-order valence-corrected chi connectivity index (χ4v) is 1.93. The second-order valence-corrected chi connectivity index (χ2v) is 4.48. The Kier molecular flexibility index (Phi) is 4.16. The average Bonchev–Trinajstić information content (AvgIpc) is 2.43. The molecule has 0 spiro atoms. The van der Waals surface area contributed by atoms with Gasteiger partial charge in [-0.05, 0) is 12.1 Å². The Bertz CT molecular complexity index is 677. The standard InChI is InChI=1S/C12H7Cl2N3O3/c13-7-1-2-8(14)10(9(7)12(19)20)17-11(18)6-3-15-5-16-4-6/h1-5H,(H,17,18)(H,19,20). The third kappa shape index (κ3) is 2.87. The highest BCUT2D eigenvalue weighted by Gasteiger charge is 2.20. The summed E-state index contributed by atoms with van der Waals surface area (Å²) in [6, 6.07) is 2.74. The van der Waals surface area contributed by atoms with E-state index in [1.54, 1.807) is 0 Å². The first-order valence-corrected chi connectivity index (χ1v) is 6.04. The van der Waals surface area contributed by atoms with Crippen LogP contribution in [0.15, 0.2) is 30.9 Å². The average molecular weight is 312 g/mol. The molecule has 0 aliphatic carbocycles. The molecule has 1 heterocycles. The van der Waals surface area contributed by atoms with Gasteiger partial charge in [0.05, 0.1) is 21.3 Å². The zero-order valence-corrected chi connectivity index (χ0v) is 11.3. The van der Waals surface area contributed by atoms with Crippen molar-refractivity contribution >= 4 is 40.8 Å². The van der Waals surface area contributed by atoms with Crippen molar-refractivity contribution in [3.8, 4) is 0 Å². The number of hydrogen-bond acceptors (Lipinski definition) is 4. The van der Waals surface area contributed by atoms with Crippen molar-refractivity contribution in [3.63, 3.8) is 0 Å². The minimum Gasteiger partial charge on any atom is -0.478 e. The van der Waals surface area contributed by atoms with E-state index in [0.29, 0.717) is 0 Å². The van der Waals surface area contributed by atoms with Crippen molar-refractivity contribution < 1.29 is 14.7 Å². The van der Waals surface area contributed by atoms with Gasteiger partial charge in [0.25, 0.3) is 5.91 Å². The topological polar surface area (TPSA) is 92.2 Å². The summed E-state index contributed by atoms with van der Waals surface area (Å²) in [4.78, 5) is 30.6. The maximum absolute atomic E-state index is 12.0. The molecule has 0 saturated heterocycles. The number of aromatic nitrogens is 2. The molecule has 1 amide bonds. The highest BCUT2D eigenvalue weighted by atomic mass is 35.5. The minimum absolute atomic E-state index is 0.0264. The number of anilines is 1. The number of carboxylic acid groups (broad SMARTS) is 1. The Morgan fingerprint density at radius 1 is 1.10 bits per heavy atom. The molecule has 0 saturated carbocycles. The number of amides is 1. The van der Waals surface area contributed by atoms with Crippen LogP contribution in [-0.4, -0.2) is 27.0 Å². The minimum atomic E-state index is -1.29. The van der Waals surface area contributed by atoms with E-state index in [0.717, 1.165) is 0 Å². The lowest BCUT2D eigenvalue weighted by Crippen LogP contribution is -2.16. The van der Waals surface area contributed by atoms with Gasteiger partial charge in [-0.25, -0.2) is 14.8 Å². The van der Waals surface area contributed by atoms with Gasteiger partial charge in [0, 0.05) is 12.4 Å². The normalized spacial score (nSPS) is 10.1. The van der Waals surface area contributed by atoms with Crippen LogP contribution in [0.4, 0.5) is 5.69 Å². The molecule has 1 aromatic carbocycles. The van der Waals surface area contributed by atoms with Crippen molar-refractivity contribution in [1.29, 1.82) is 0 Å². The fourth-order valence-electron chi connectivity index (χ4n) is 1.49. The van der Waals surface area contributed by atoms with Crippen molar-refractivity contribution in [2.45, 2.75) is 0 Å². The molecule has 102 valence electrons. The van der Waals surface area contributed by atoms with Gasteiger partial charge in [0.15, 0.2) is 0 Å². The lowest BCUT2D eigenvalue weighted by molar-refractivity contribution is 0.0698. The Morgan fingerprint density at radius 2 is 1.70 bits per heavy atom. The van der Waals surface area contributed by atoms with Crippen LogP contribution in [0.1, 0.15) is 20.7 Å². The maximum atomic E-state index is 12.0. The highest BCUT2D eigenvalue weighted by molar-refractivity contribution is 6.38. The lowest BCUT2D eigenvalue weighted by atomic mass is 10.1. The summed E-state index contributed by atoms with van der Waals surface area (Å²) in [5, 5.41) is 11.6. The fraction of sp³-hybridized carbons (Fsp3) is 0. The van der Waals surface area contributed by atoms with E-state index in [-0.39, 0.29) is 26.9 Å². The van der Waals surface area contributed by atoms with Gasteiger partial charge in [-0.3, -0.25) is 4.79 Å². The molecule has 0 aliphatic rings. The number of nitrogens with one attached hydrogen (secondary N) is 1. The number of carbonyl (C=O) groups excluding carboxylic acids is 1. The first-order valence-electron chi connectivity index (χ1n) is 5.28. The van der Waals surface area contributed by atoms with Gasteiger partial charge < -0.3 is 10.4 Å². The summed E-state index contributed by atoms with van der Waals surface area (Å²) in [6.45, 7) is 0. The molecule has 2 N–H and O–H groups in total. The number of aromatic carboxylic acids is 1. The van der Waals surface area contributed by atoms with Crippen LogP contribution in [0.5, 0.6) is 0 Å². The van der Waals surface area contributed by atoms with Crippen molar-refractivity contribution in [3.05, 3.63) is 52.0 Å². The summed E-state index contributed by atoms with van der Waals surface area (Å²) in [5.41, 5.74) is -0.176. The third-order valence-electron chi connectivity index (χ3n) is 2.38. The molecule has 0 atom stereocenters. The number of halogens is 2. The van der Waals surface area contributed by atoms with E-state index < -0.39 is 11.9 Å². The first kappa shape index (κ1) is 14.2. The quantitative estimate of drug-likeness (QED) is 0.909. The second-order valence-electron chi connectivity index (χ2n) is 3.67. The van der Waals surface area contributed by atoms with Crippen LogP contribution >= 0.6 is 23.2 Å². The predicted octanol–water partition coefficient (Wildman–Crippen LogP) is 2.73. The van der Waals surface area contributed by atoms with Crippen LogP contribution in [0.3, 0.4) is 0 Å². The van der Waals surface area contributed by atoms with Crippen molar-refractivity contribution in [1.82, 2.24) is 9.97 Å². The van der Waals surface area contributed by atoms with E-state index in [1.807, 2.05) is 0 Å². The number of rotatable bonds is 3. The molecule has 2 aromatic rings. The SMILES string of the molecule is O=C(Nc1c(Cl)ccc(Cl)c1C(=O)O)c1cncnc1. The van der Waals surface area contributed by atoms with Gasteiger partial charge in [-0.1, -0.05) is 23.2 Å². The Morgan fingerprint density at radius 3 is 2.30 bits per heavy atom. The zero-order valence-electron chi connectivity index (χ0n) is 9.80. The smallest absolute Gasteiger partial charge is 0.339 e. The highest BCUT2D eigenvalue weighted by Crippen LogP contribution is 2.32. The van der Waals surface area contributed by atoms with E-state index in [2.05, 4.69) is 15.3 Å². The van der Waals surface area contributed by atoms with Crippen LogP contribution < -0.4 is 5.32 Å². The molecule has 6 nitrogen and oxygen atoms in total. The monoisotopic (exact) mass is 311 g/mol. The summed E-state index contributed by atoms with van der Waals surface area (Å²) in [5.74, 6) is -1.88. The Balaban J connectivity index is 2.41. The molecular weight excluding hydrogens is 305 g/mol. The summed E-state index contributed by atoms with van der Waals surface area (Å²) >= 11 is 11.7. The molecule has 0 aliphatic heterocycles. The first-order chi connectivity index (χ1) is 9.50. The van der Waals surface area contributed by atoms with Crippen LogP contribution in [-0.2, 0) is 0 Å². The molecule has 20 heavy (non-hydrogen) atoms. The summed E-state index contributed by atoms with van der Waals surface area (Å²) in [6.07, 6.45) is 3.86. The molecular formula is C12H7Cl2N3O3. The van der Waals surface area contributed by atoms with Gasteiger partial charge in [0.1, 0.15) is 11.9 Å². The van der Waals surface area contributed by atoms with Crippen LogP contribution in [0, 0.1) is 0 Å². The van der Waals surface area contributed by atoms with Gasteiger partial charge >= 0.3 is 5.97 Å². The molecule has 8 heteroatoms. The second kappa shape index (κ2) is 5.85. The molecule has 0 unspecified atom stereocenters. The number of benzene rings is 1. The lowest BCUT2D eigenvalue weighted by Gasteiger charge is -2.11. The van der Waals surface area contributed by atoms with Crippen molar-refractivity contribution in [2.75, 3.05) is 5.32 Å². The molecule has 0 bridgehead atoms. The largest absolute Gasteiger partial charge is 0.478 e. The number of carboxylic acids is 1. The van der Waals surface area contributed by atoms with Crippen LogP contribution in [0.2, 0.25) is 10.0 Å². The van der Waals surface area contributed by atoms with E-state index in [1.165, 1.54) is 30.9 Å². The molecule has 2 rings (SSSR count). The van der Waals surface area contributed by atoms with E-state index in [9.17, 15) is 9.59 Å². The van der Waals surface area contributed by atoms with E-state index >= 15 is 0 Å². The molecule has 0 fully saturated rings. The summed E-state index contributed by atoms with van der Waals surface area (Å²) < 4.78 is 0. The molecule has 0 radical (unpaired) electrons. The van der Waals surface area contributed by atoms with E-state index in [4.69, 9.17) is 28.3 Å². The van der Waals surface area contributed by atoms with Crippen LogP contribution in [0.25, 0.3) is 0 Å². The number of carbonyl (C=O) groups is 2. The zero-order chi connectivity index (χ0) is 14.7. The number of nitrogens with zero attached hydrogens (tertiary/aromatic N) is 2. The Labute approximate surface area is 123 Å².